The molecule has 0 unspecified atom stereocenters. The number of H-pyrrole nitrogens is 1. The number of sulfonamides is 1. The van der Waals surface area contributed by atoms with Gasteiger partial charge in [-0.05, 0) is 26.5 Å². The number of hydrogen-bond acceptors (Lipinski definition) is 3. The van der Waals surface area contributed by atoms with Crippen molar-refractivity contribution >= 4 is 10.0 Å². The highest BCUT2D eigenvalue weighted by Gasteiger charge is 2.26. The van der Waals surface area contributed by atoms with Crippen molar-refractivity contribution in [1.82, 2.24) is 14.6 Å². The molecular weight excluding hydrogens is 250 g/mol. The number of aromatic amines is 1. The SMILES string of the molecule is CNCc1cc(S(=O)(=O)N2CCC=C(C)C2)c[nH]1. The van der Waals surface area contributed by atoms with Crippen molar-refractivity contribution in [3.63, 3.8) is 0 Å². The first-order valence-corrected chi connectivity index (χ1v) is 7.45. The van der Waals surface area contributed by atoms with Gasteiger partial charge in [0.05, 0.1) is 4.90 Å². The third kappa shape index (κ3) is 2.66. The van der Waals surface area contributed by atoms with Crippen LogP contribution in [0.5, 0.6) is 0 Å². The maximum absolute atomic E-state index is 12.4. The molecule has 1 aromatic rings. The summed E-state index contributed by atoms with van der Waals surface area (Å²) < 4.78 is 26.4. The van der Waals surface area contributed by atoms with E-state index in [1.54, 1.807) is 12.3 Å². The molecule has 0 amide bonds. The van der Waals surface area contributed by atoms with Crippen LogP contribution < -0.4 is 5.32 Å². The zero-order chi connectivity index (χ0) is 13.2. The van der Waals surface area contributed by atoms with Crippen molar-refractivity contribution < 1.29 is 8.42 Å². The van der Waals surface area contributed by atoms with E-state index in [9.17, 15) is 8.42 Å². The molecule has 0 saturated carbocycles. The van der Waals surface area contributed by atoms with Crippen molar-refractivity contribution in [1.29, 1.82) is 0 Å². The molecule has 0 aromatic carbocycles. The summed E-state index contributed by atoms with van der Waals surface area (Å²) in [6.07, 6.45) is 4.45. The number of nitrogens with one attached hydrogen (secondary N) is 2. The van der Waals surface area contributed by atoms with Crippen LogP contribution >= 0.6 is 0 Å². The second-order valence-corrected chi connectivity index (χ2v) is 6.51. The minimum atomic E-state index is -3.36. The second kappa shape index (κ2) is 5.26. The van der Waals surface area contributed by atoms with E-state index in [1.807, 2.05) is 14.0 Å². The van der Waals surface area contributed by atoms with Crippen molar-refractivity contribution in [2.24, 2.45) is 0 Å². The van der Waals surface area contributed by atoms with Gasteiger partial charge in [-0.1, -0.05) is 11.6 Å². The number of rotatable bonds is 4. The average Bonchev–Trinajstić information content (AvgIpc) is 2.79. The summed E-state index contributed by atoms with van der Waals surface area (Å²) in [4.78, 5) is 3.33. The van der Waals surface area contributed by atoms with Crippen LogP contribution in [0.2, 0.25) is 0 Å². The fourth-order valence-corrected chi connectivity index (χ4v) is 3.61. The van der Waals surface area contributed by atoms with E-state index < -0.39 is 10.0 Å². The van der Waals surface area contributed by atoms with E-state index in [-0.39, 0.29) is 0 Å². The Morgan fingerprint density at radius 2 is 2.28 bits per heavy atom. The van der Waals surface area contributed by atoms with Gasteiger partial charge in [0, 0.05) is 31.5 Å². The first kappa shape index (κ1) is 13.3. The number of nitrogens with zero attached hydrogens (tertiary/aromatic N) is 1. The van der Waals surface area contributed by atoms with Crippen LogP contribution in [0.3, 0.4) is 0 Å². The monoisotopic (exact) mass is 269 g/mol. The quantitative estimate of drug-likeness (QED) is 0.804. The summed E-state index contributed by atoms with van der Waals surface area (Å²) in [7, 11) is -1.53. The van der Waals surface area contributed by atoms with Crippen LogP contribution in [-0.4, -0.2) is 37.8 Å². The van der Waals surface area contributed by atoms with E-state index in [0.717, 1.165) is 17.7 Å². The van der Waals surface area contributed by atoms with Crippen LogP contribution in [0.1, 0.15) is 19.0 Å². The molecule has 0 atom stereocenters. The van der Waals surface area contributed by atoms with Gasteiger partial charge in [0.15, 0.2) is 0 Å². The molecule has 5 nitrogen and oxygen atoms in total. The number of aromatic nitrogens is 1. The average molecular weight is 269 g/mol. The summed E-state index contributed by atoms with van der Waals surface area (Å²) >= 11 is 0. The summed E-state index contributed by atoms with van der Waals surface area (Å²) in [6.45, 7) is 3.65. The molecular formula is C12H19N3O2S. The van der Waals surface area contributed by atoms with Gasteiger partial charge >= 0.3 is 0 Å². The molecule has 0 saturated heterocycles. The highest BCUT2D eigenvalue weighted by molar-refractivity contribution is 7.89. The molecule has 1 aliphatic rings. The predicted octanol–water partition coefficient (Wildman–Crippen LogP) is 1.07. The lowest BCUT2D eigenvalue weighted by Gasteiger charge is -2.24. The summed E-state index contributed by atoms with van der Waals surface area (Å²) in [5.74, 6) is 0. The molecule has 0 bridgehead atoms. The van der Waals surface area contributed by atoms with Gasteiger partial charge in [0.25, 0.3) is 0 Å². The highest BCUT2D eigenvalue weighted by Crippen LogP contribution is 2.21. The normalized spacial score (nSPS) is 17.8. The molecule has 0 spiro atoms. The van der Waals surface area contributed by atoms with Crippen LogP contribution in [0, 0.1) is 0 Å². The van der Waals surface area contributed by atoms with Crippen molar-refractivity contribution in [3.05, 3.63) is 29.6 Å². The van der Waals surface area contributed by atoms with Gasteiger partial charge in [0.2, 0.25) is 10.0 Å². The van der Waals surface area contributed by atoms with Crippen LogP contribution in [0.25, 0.3) is 0 Å². The molecule has 2 heterocycles. The lowest BCUT2D eigenvalue weighted by molar-refractivity contribution is 0.428. The van der Waals surface area contributed by atoms with Gasteiger partial charge in [-0.15, -0.1) is 0 Å². The van der Waals surface area contributed by atoms with Crippen molar-refractivity contribution in [2.45, 2.75) is 24.8 Å². The van der Waals surface area contributed by atoms with E-state index in [4.69, 9.17) is 0 Å². The third-order valence-corrected chi connectivity index (χ3v) is 4.84. The predicted molar refractivity (Wildman–Crippen MR) is 70.7 cm³/mol. The Kier molecular flexibility index (Phi) is 3.89. The molecule has 1 aromatic heterocycles. The Morgan fingerprint density at radius 1 is 1.50 bits per heavy atom. The van der Waals surface area contributed by atoms with Crippen LogP contribution in [-0.2, 0) is 16.6 Å². The summed E-state index contributed by atoms with van der Waals surface area (Å²) in [5.41, 5.74) is 1.98. The third-order valence-electron chi connectivity index (χ3n) is 3.02. The Labute approximate surface area is 108 Å². The van der Waals surface area contributed by atoms with Gasteiger partial charge in [-0.2, -0.15) is 4.31 Å². The summed E-state index contributed by atoms with van der Waals surface area (Å²) in [6, 6.07) is 1.69. The standard InChI is InChI=1S/C12H19N3O2S/c1-10-4-3-5-15(9-10)18(16,17)12-6-11(7-13-2)14-8-12/h4,6,8,13-14H,3,5,7,9H2,1-2H3. The Morgan fingerprint density at radius 3 is 2.94 bits per heavy atom. The zero-order valence-corrected chi connectivity index (χ0v) is 11.5. The van der Waals surface area contributed by atoms with Gasteiger partial charge in [-0.25, -0.2) is 8.42 Å². The minimum Gasteiger partial charge on any atom is -0.363 e. The van der Waals surface area contributed by atoms with Crippen LogP contribution in [0.15, 0.2) is 28.8 Å². The fourth-order valence-electron chi connectivity index (χ4n) is 2.09. The first-order valence-electron chi connectivity index (χ1n) is 6.01. The molecule has 2 N–H and O–H groups in total. The molecule has 100 valence electrons. The van der Waals surface area contributed by atoms with Gasteiger partial charge in [-0.3, -0.25) is 0 Å². The summed E-state index contributed by atoms with van der Waals surface area (Å²) in [5, 5.41) is 2.99. The lowest BCUT2D eigenvalue weighted by atomic mass is 10.2. The van der Waals surface area contributed by atoms with Gasteiger partial charge in [0.1, 0.15) is 0 Å². The maximum Gasteiger partial charge on any atom is 0.244 e. The molecule has 0 radical (unpaired) electrons. The molecule has 2 rings (SSSR count). The van der Waals surface area contributed by atoms with Crippen LogP contribution in [0.4, 0.5) is 0 Å². The van der Waals surface area contributed by atoms with Gasteiger partial charge < -0.3 is 10.3 Å². The maximum atomic E-state index is 12.4. The Balaban J connectivity index is 2.22. The first-order chi connectivity index (χ1) is 8.54. The molecule has 0 aliphatic carbocycles. The molecule has 0 fully saturated rings. The van der Waals surface area contributed by atoms with E-state index >= 15 is 0 Å². The molecule has 6 heteroatoms. The van der Waals surface area contributed by atoms with Crippen molar-refractivity contribution in [2.75, 3.05) is 20.1 Å². The fraction of sp³-hybridized carbons (Fsp3) is 0.500. The molecule has 1 aliphatic heterocycles. The minimum absolute atomic E-state index is 0.349. The zero-order valence-electron chi connectivity index (χ0n) is 10.7. The highest BCUT2D eigenvalue weighted by atomic mass is 32.2. The van der Waals surface area contributed by atoms with E-state index in [1.165, 1.54) is 4.31 Å². The lowest BCUT2D eigenvalue weighted by Crippen LogP contribution is -2.35. The largest absolute Gasteiger partial charge is 0.363 e. The topological polar surface area (TPSA) is 65.2 Å². The second-order valence-electron chi connectivity index (χ2n) is 4.57. The number of hydrogen-bond donors (Lipinski definition) is 2. The Bertz CT molecular complexity index is 545. The van der Waals surface area contributed by atoms with E-state index in [0.29, 0.717) is 24.5 Å². The molecule has 18 heavy (non-hydrogen) atoms. The van der Waals surface area contributed by atoms with E-state index in [2.05, 4.69) is 16.4 Å². The van der Waals surface area contributed by atoms with Crippen molar-refractivity contribution in [3.8, 4) is 0 Å². The smallest absolute Gasteiger partial charge is 0.244 e. The Hall–Kier alpha value is -1.11.